The van der Waals surface area contributed by atoms with Gasteiger partial charge in [0.25, 0.3) is 0 Å². The van der Waals surface area contributed by atoms with E-state index >= 15 is 0 Å². The van der Waals surface area contributed by atoms with E-state index in [1.165, 1.54) is 38.6 Å². The van der Waals surface area contributed by atoms with Gasteiger partial charge in [0.2, 0.25) is 11.9 Å². The van der Waals surface area contributed by atoms with E-state index in [9.17, 15) is 0 Å². The van der Waals surface area contributed by atoms with Crippen molar-refractivity contribution < 1.29 is 0 Å². The molecule has 2 atom stereocenters. The summed E-state index contributed by atoms with van der Waals surface area (Å²) in [7, 11) is 3.85. The Balaban J connectivity index is 1.66. The molecule has 2 fully saturated rings. The zero-order valence-corrected chi connectivity index (χ0v) is 13.1. The van der Waals surface area contributed by atoms with E-state index < -0.39 is 0 Å². The molecule has 1 aromatic heterocycles. The van der Waals surface area contributed by atoms with Crippen molar-refractivity contribution in [2.75, 3.05) is 37.8 Å². The number of hydrogen-bond acceptors (Lipinski definition) is 6. The predicted molar refractivity (Wildman–Crippen MR) is 83.9 cm³/mol. The Morgan fingerprint density at radius 2 is 1.86 bits per heavy atom. The van der Waals surface area contributed by atoms with Crippen LogP contribution in [-0.2, 0) is 6.54 Å². The van der Waals surface area contributed by atoms with E-state index in [0.717, 1.165) is 30.7 Å². The fourth-order valence-corrected chi connectivity index (χ4v) is 3.72. The van der Waals surface area contributed by atoms with Gasteiger partial charge in [-0.1, -0.05) is 19.3 Å². The van der Waals surface area contributed by atoms with Gasteiger partial charge in [0.1, 0.15) is 5.82 Å². The average molecular weight is 290 g/mol. The average Bonchev–Trinajstić information content (AvgIpc) is 2.46. The van der Waals surface area contributed by atoms with Gasteiger partial charge in [-0.2, -0.15) is 15.0 Å². The molecule has 2 aliphatic rings. The Bertz CT molecular complexity index is 489. The second-order valence-corrected chi connectivity index (χ2v) is 6.63. The van der Waals surface area contributed by atoms with Crippen LogP contribution < -0.4 is 10.6 Å². The summed E-state index contributed by atoms with van der Waals surface area (Å²) in [6.07, 6.45) is 6.98. The zero-order valence-electron chi connectivity index (χ0n) is 13.1. The molecule has 1 aliphatic carbocycles. The van der Waals surface area contributed by atoms with Crippen LogP contribution in [0.15, 0.2) is 0 Å². The third kappa shape index (κ3) is 3.43. The topological polar surface area (TPSA) is 71.2 Å². The molecule has 1 saturated heterocycles. The lowest BCUT2D eigenvalue weighted by Crippen LogP contribution is -2.41. The van der Waals surface area contributed by atoms with Crippen LogP contribution in [0.4, 0.5) is 11.9 Å². The van der Waals surface area contributed by atoms with Crippen LogP contribution in [0.3, 0.4) is 0 Å². The van der Waals surface area contributed by atoms with Crippen LogP contribution in [0.25, 0.3) is 0 Å². The van der Waals surface area contributed by atoms with Crippen LogP contribution in [0, 0.1) is 11.8 Å². The molecular formula is C15H26N6. The summed E-state index contributed by atoms with van der Waals surface area (Å²) in [6.45, 7) is 3.13. The highest BCUT2D eigenvalue weighted by Crippen LogP contribution is 2.36. The molecule has 0 bridgehead atoms. The molecule has 0 aromatic carbocycles. The number of nitrogens with zero attached hydrogens (tertiary/aromatic N) is 5. The van der Waals surface area contributed by atoms with Crippen molar-refractivity contribution >= 4 is 11.9 Å². The van der Waals surface area contributed by atoms with Crippen LogP contribution in [-0.4, -0.2) is 47.0 Å². The zero-order chi connectivity index (χ0) is 14.8. The molecule has 1 aliphatic heterocycles. The number of nitrogen functional groups attached to an aromatic ring is 1. The second-order valence-electron chi connectivity index (χ2n) is 6.63. The summed E-state index contributed by atoms with van der Waals surface area (Å²) < 4.78 is 0. The molecule has 1 saturated carbocycles. The Hall–Kier alpha value is -1.43. The van der Waals surface area contributed by atoms with Crippen molar-refractivity contribution in [3.63, 3.8) is 0 Å². The first-order chi connectivity index (χ1) is 10.1. The van der Waals surface area contributed by atoms with Crippen molar-refractivity contribution in [1.82, 2.24) is 19.9 Å². The predicted octanol–water partition coefficient (Wildman–Crippen LogP) is 1.53. The monoisotopic (exact) mass is 290 g/mol. The van der Waals surface area contributed by atoms with Crippen molar-refractivity contribution in [1.29, 1.82) is 0 Å². The minimum Gasteiger partial charge on any atom is -0.368 e. The smallest absolute Gasteiger partial charge is 0.229 e. The third-order valence-corrected chi connectivity index (χ3v) is 4.83. The van der Waals surface area contributed by atoms with Crippen LogP contribution in [0.2, 0.25) is 0 Å². The van der Waals surface area contributed by atoms with E-state index in [4.69, 9.17) is 5.73 Å². The number of rotatable bonds is 3. The fourth-order valence-electron chi connectivity index (χ4n) is 3.72. The van der Waals surface area contributed by atoms with Gasteiger partial charge in [-0.25, -0.2) is 0 Å². The molecule has 1 aromatic rings. The highest BCUT2D eigenvalue weighted by molar-refractivity contribution is 5.32. The van der Waals surface area contributed by atoms with Gasteiger partial charge < -0.3 is 10.6 Å². The lowest BCUT2D eigenvalue weighted by Gasteiger charge is -2.41. The Kier molecular flexibility index (Phi) is 4.24. The lowest BCUT2D eigenvalue weighted by atomic mass is 9.75. The van der Waals surface area contributed by atoms with Crippen molar-refractivity contribution in [2.45, 2.75) is 38.6 Å². The third-order valence-electron chi connectivity index (χ3n) is 4.83. The van der Waals surface area contributed by atoms with Gasteiger partial charge in [0.15, 0.2) is 0 Å². The normalized spacial score (nSPS) is 26.4. The highest BCUT2D eigenvalue weighted by atomic mass is 15.3. The standard InChI is InChI=1S/C15H26N6/c1-20(2)15-18-13(17-14(16)19-15)10-21-8-7-11-5-3-4-6-12(11)9-21/h11-12H,3-10H2,1-2H3,(H2,16,17,18,19)/t11-,12+/m1/s1. The molecule has 0 radical (unpaired) electrons. The van der Waals surface area contributed by atoms with Crippen molar-refractivity contribution in [3.05, 3.63) is 5.82 Å². The molecule has 3 rings (SSSR count). The Labute approximate surface area is 126 Å². The van der Waals surface area contributed by atoms with Crippen LogP contribution >= 0.6 is 0 Å². The molecular weight excluding hydrogens is 264 g/mol. The first-order valence-corrected chi connectivity index (χ1v) is 8.02. The Morgan fingerprint density at radius 1 is 1.10 bits per heavy atom. The number of piperidine rings is 1. The molecule has 2 heterocycles. The lowest BCUT2D eigenvalue weighted by molar-refractivity contribution is 0.0803. The molecule has 2 N–H and O–H groups in total. The molecule has 6 heteroatoms. The number of anilines is 2. The van der Waals surface area contributed by atoms with Gasteiger partial charge >= 0.3 is 0 Å². The highest BCUT2D eigenvalue weighted by Gasteiger charge is 2.31. The summed E-state index contributed by atoms with van der Waals surface area (Å²) in [5.41, 5.74) is 5.80. The first kappa shape index (κ1) is 14.5. The minimum atomic E-state index is 0.316. The summed E-state index contributed by atoms with van der Waals surface area (Å²) in [5, 5.41) is 0. The number of likely N-dealkylation sites (tertiary alicyclic amines) is 1. The van der Waals surface area contributed by atoms with Crippen LogP contribution in [0.5, 0.6) is 0 Å². The van der Waals surface area contributed by atoms with Crippen molar-refractivity contribution in [2.24, 2.45) is 11.8 Å². The first-order valence-electron chi connectivity index (χ1n) is 8.02. The maximum atomic E-state index is 5.80. The number of hydrogen-bond donors (Lipinski definition) is 1. The van der Waals surface area contributed by atoms with E-state index in [1.54, 1.807) is 0 Å². The van der Waals surface area contributed by atoms with Crippen LogP contribution in [0.1, 0.15) is 37.9 Å². The molecule has 6 nitrogen and oxygen atoms in total. The SMILES string of the molecule is CN(C)c1nc(N)nc(CN2CC[C@H]3CCCC[C@H]3C2)n1. The quantitative estimate of drug-likeness (QED) is 0.910. The largest absolute Gasteiger partial charge is 0.368 e. The molecule has 0 amide bonds. The summed E-state index contributed by atoms with van der Waals surface area (Å²) in [4.78, 5) is 17.3. The van der Waals surface area contributed by atoms with Gasteiger partial charge in [-0.15, -0.1) is 0 Å². The van der Waals surface area contributed by atoms with Gasteiger partial charge in [-0.05, 0) is 31.2 Å². The fraction of sp³-hybridized carbons (Fsp3) is 0.800. The second kappa shape index (κ2) is 6.13. The van der Waals surface area contributed by atoms with E-state index in [1.807, 2.05) is 19.0 Å². The summed E-state index contributed by atoms with van der Waals surface area (Å²) in [5.74, 6) is 3.58. The van der Waals surface area contributed by atoms with Gasteiger partial charge in [-0.3, -0.25) is 4.90 Å². The van der Waals surface area contributed by atoms with Gasteiger partial charge in [0.05, 0.1) is 6.54 Å². The molecule has 0 spiro atoms. The van der Waals surface area contributed by atoms with E-state index in [0.29, 0.717) is 11.9 Å². The maximum absolute atomic E-state index is 5.80. The van der Waals surface area contributed by atoms with Crippen molar-refractivity contribution in [3.8, 4) is 0 Å². The number of aromatic nitrogens is 3. The number of nitrogens with two attached hydrogens (primary N) is 1. The molecule has 116 valence electrons. The minimum absolute atomic E-state index is 0.316. The molecule has 0 unspecified atom stereocenters. The van der Waals surface area contributed by atoms with Gasteiger partial charge in [0, 0.05) is 20.6 Å². The van der Waals surface area contributed by atoms with E-state index in [-0.39, 0.29) is 0 Å². The Morgan fingerprint density at radius 3 is 2.62 bits per heavy atom. The summed E-state index contributed by atoms with van der Waals surface area (Å²) in [6, 6.07) is 0. The van der Waals surface area contributed by atoms with E-state index in [2.05, 4.69) is 19.9 Å². The summed E-state index contributed by atoms with van der Waals surface area (Å²) >= 11 is 0. The number of fused-ring (bicyclic) bond motifs is 1. The molecule has 21 heavy (non-hydrogen) atoms. The maximum Gasteiger partial charge on any atom is 0.229 e.